The van der Waals surface area contributed by atoms with E-state index >= 15 is 0 Å². The van der Waals surface area contributed by atoms with Crippen molar-refractivity contribution in [3.05, 3.63) is 46.0 Å². The Balaban J connectivity index is 1.72. The Morgan fingerprint density at radius 2 is 2.32 bits per heavy atom. The molecule has 3 aromatic rings. The summed E-state index contributed by atoms with van der Waals surface area (Å²) in [5.74, 6) is -0.107. The van der Waals surface area contributed by atoms with Crippen molar-refractivity contribution in [2.45, 2.75) is 13.5 Å². The van der Waals surface area contributed by atoms with Gasteiger partial charge in [0.2, 0.25) is 0 Å². The maximum absolute atomic E-state index is 12.0. The molecule has 0 aliphatic carbocycles. The van der Waals surface area contributed by atoms with Crippen molar-refractivity contribution < 1.29 is 4.79 Å². The van der Waals surface area contributed by atoms with Crippen molar-refractivity contribution in [1.82, 2.24) is 20.5 Å². The van der Waals surface area contributed by atoms with E-state index in [0.29, 0.717) is 12.1 Å². The molecule has 1 aromatic carbocycles. The predicted molar refractivity (Wildman–Crippen MR) is 74.1 cm³/mol. The molecule has 0 spiro atoms. The van der Waals surface area contributed by atoms with Gasteiger partial charge in [0, 0.05) is 22.0 Å². The smallest absolute Gasteiger partial charge is 0.251 e. The van der Waals surface area contributed by atoms with E-state index in [1.54, 1.807) is 29.7 Å². The summed E-state index contributed by atoms with van der Waals surface area (Å²) < 4.78 is 0. The largest absolute Gasteiger partial charge is 0.346 e. The van der Waals surface area contributed by atoms with Crippen LogP contribution < -0.4 is 5.32 Å². The number of thiazole rings is 1. The Labute approximate surface area is 113 Å². The number of nitrogens with zero attached hydrogens (tertiary/aromatic N) is 2. The second kappa shape index (κ2) is 4.81. The number of H-pyrrole nitrogens is 1. The van der Waals surface area contributed by atoms with Crippen LogP contribution in [0.3, 0.4) is 0 Å². The first-order valence-corrected chi connectivity index (χ1v) is 6.66. The van der Waals surface area contributed by atoms with Gasteiger partial charge in [-0.1, -0.05) is 6.07 Å². The number of aryl methyl sites for hydroxylation is 1. The summed E-state index contributed by atoms with van der Waals surface area (Å²) >= 11 is 1.59. The molecule has 2 heterocycles. The third-order valence-electron chi connectivity index (χ3n) is 2.77. The Hall–Kier alpha value is -2.21. The van der Waals surface area contributed by atoms with E-state index in [1.165, 1.54) is 0 Å². The molecular formula is C13H12N4OS. The van der Waals surface area contributed by atoms with Gasteiger partial charge < -0.3 is 5.32 Å². The van der Waals surface area contributed by atoms with E-state index in [0.717, 1.165) is 20.8 Å². The number of carbonyl (C=O) groups is 1. The highest BCUT2D eigenvalue weighted by Gasteiger charge is 2.08. The van der Waals surface area contributed by atoms with Crippen molar-refractivity contribution >= 4 is 28.1 Å². The summed E-state index contributed by atoms with van der Waals surface area (Å²) in [5.41, 5.74) is 1.47. The highest BCUT2D eigenvalue weighted by atomic mass is 32.1. The first kappa shape index (κ1) is 11.9. The number of amides is 1. The number of hydrogen-bond donors (Lipinski definition) is 2. The van der Waals surface area contributed by atoms with Crippen LogP contribution in [0.4, 0.5) is 0 Å². The lowest BCUT2D eigenvalue weighted by Crippen LogP contribution is -2.22. The molecular weight excluding hydrogens is 260 g/mol. The third kappa shape index (κ3) is 2.48. The first-order chi connectivity index (χ1) is 9.22. The third-order valence-corrected chi connectivity index (χ3v) is 3.69. The van der Waals surface area contributed by atoms with Gasteiger partial charge in [-0.25, -0.2) is 4.98 Å². The molecule has 0 aliphatic rings. The zero-order valence-electron chi connectivity index (χ0n) is 10.3. The van der Waals surface area contributed by atoms with E-state index in [2.05, 4.69) is 20.5 Å². The number of rotatable bonds is 3. The van der Waals surface area contributed by atoms with Crippen molar-refractivity contribution in [2.75, 3.05) is 0 Å². The van der Waals surface area contributed by atoms with Gasteiger partial charge in [-0.2, -0.15) is 5.10 Å². The number of benzene rings is 1. The van der Waals surface area contributed by atoms with Gasteiger partial charge in [0.05, 0.1) is 18.3 Å². The van der Waals surface area contributed by atoms with Gasteiger partial charge >= 0.3 is 0 Å². The van der Waals surface area contributed by atoms with E-state index < -0.39 is 0 Å². The number of fused-ring (bicyclic) bond motifs is 1. The molecule has 0 bridgehead atoms. The van der Waals surface area contributed by atoms with Crippen LogP contribution in [0.5, 0.6) is 0 Å². The van der Waals surface area contributed by atoms with Crippen molar-refractivity contribution in [3.8, 4) is 0 Å². The molecule has 0 radical (unpaired) electrons. The molecule has 0 unspecified atom stereocenters. The summed E-state index contributed by atoms with van der Waals surface area (Å²) in [6, 6.07) is 5.46. The fourth-order valence-electron chi connectivity index (χ4n) is 1.82. The van der Waals surface area contributed by atoms with Gasteiger partial charge in [0.1, 0.15) is 5.01 Å². The first-order valence-electron chi connectivity index (χ1n) is 5.85. The highest BCUT2D eigenvalue weighted by molar-refractivity contribution is 7.11. The number of carbonyl (C=O) groups excluding carboxylic acids is 1. The quantitative estimate of drug-likeness (QED) is 0.768. The number of aromatic nitrogens is 3. The molecule has 0 saturated carbocycles. The molecule has 5 nitrogen and oxygen atoms in total. The van der Waals surface area contributed by atoms with Gasteiger partial charge in [-0.15, -0.1) is 11.3 Å². The Kier molecular flexibility index (Phi) is 3.00. The maximum Gasteiger partial charge on any atom is 0.251 e. The summed E-state index contributed by atoms with van der Waals surface area (Å²) in [6.45, 7) is 2.45. The minimum absolute atomic E-state index is 0.107. The van der Waals surface area contributed by atoms with E-state index in [-0.39, 0.29) is 5.91 Å². The molecule has 2 aromatic heterocycles. The molecule has 0 aliphatic heterocycles. The standard InChI is InChI=1S/C13H12N4OS/c1-8-5-14-12(19-8)7-15-13(18)9-2-3-10-6-16-17-11(10)4-9/h2-6H,7H2,1H3,(H,15,18)(H,16,17). The summed E-state index contributed by atoms with van der Waals surface area (Å²) in [6.07, 6.45) is 3.54. The lowest BCUT2D eigenvalue weighted by atomic mass is 10.1. The molecule has 0 saturated heterocycles. The van der Waals surface area contributed by atoms with E-state index in [9.17, 15) is 4.79 Å². The molecule has 0 atom stereocenters. The van der Waals surface area contributed by atoms with Crippen molar-refractivity contribution in [2.24, 2.45) is 0 Å². The van der Waals surface area contributed by atoms with Crippen LogP contribution in [-0.4, -0.2) is 21.1 Å². The van der Waals surface area contributed by atoms with Crippen LogP contribution in [0.2, 0.25) is 0 Å². The lowest BCUT2D eigenvalue weighted by Gasteiger charge is -2.03. The molecule has 96 valence electrons. The number of aromatic amines is 1. The minimum Gasteiger partial charge on any atom is -0.346 e. The van der Waals surface area contributed by atoms with Crippen molar-refractivity contribution in [1.29, 1.82) is 0 Å². The van der Waals surface area contributed by atoms with Crippen LogP contribution in [0.1, 0.15) is 20.2 Å². The molecule has 19 heavy (non-hydrogen) atoms. The number of nitrogens with one attached hydrogen (secondary N) is 2. The van der Waals surface area contributed by atoms with Crippen LogP contribution in [0, 0.1) is 6.92 Å². The zero-order chi connectivity index (χ0) is 13.2. The molecule has 6 heteroatoms. The topological polar surface area (TPSA) is 70.7 Å². The summed E-state index contributed by atoms with van der Waals surface area (Å²) in [5, 5.41) is 11.5. The fraction of sp³-hybridized carbons (Fsp3) is 0.154. The predicted octanol–water partition coefficient (Wildman–Crippen LogP) is 2.26. The minimum atomic E-state index is -0.107. The second-order valence-electron chi connectivity index (χ2n) is 4.22. The van der Waals surface area contributed by atoms with Gasteiger partial charge in [-0.3, -0.25) is 9.89 Å². The van der Waals surface area contributed by atoms with E-state index in [4.69, 9.17) is 0 Å². The average Bonchev–Trinajstić information content (AvgIpc) is 3.03. The SMILES string of the molecule is Cc1cnc(CNC(=O)c2ccc3cn[nH]c3c2)s1. The highest BCUT2D eigenvalue weighted by Crippen LogP contribution is 2.14. The van der Waals surface area contributed by atoms with Crippen LogP contribution >= 0.6 is 11.3 Å². The van der Waals surface area contributed by atoms with E-state index in [1.807, 2.05) is 19.2 Å². The normalized spacial score (nSPS) is 10.8. The molecule has 3 rings (SSSR count). The molecule has 0 fully saturated rings. The summed E-state index contributed by atoms with van der Waals surface area (Å²) in [7, 11) is 0. The zero-order valence-corrected chi connectivity index (χ0v) is 11.1. The Morgan fingerprint density at radius 1 is 1.42 bits per heavy atom. The Bertz CT molecular complexity index is 731. The molecule has 2 N–H and O–H groups in total. The Morgan fingerprint density at radius 3 is 3.11 bits per heavy atom. The van der Waals surface area contributed by atoms with Gasteiger partial charge in [-0.05, 0) is 19.1 Å². The van der Waals surface area contributed by atoms with Crippen LogP contribution in [0.15, 0.2) is 30.6 Å². The fourth-order valence-corrected chi connectivity index (χ4v) is 2.55. The second-order valence-corrected chi connectivity index (χ2v) is 5.54. The number of hydrogen-bond acceptors (Lipinski definition) is 4. The monoisotopic (exact) mass is 272 g/mol. The van der Waals surface area contributed by atoms with Crippen LogP contribution in [0.25, 0.3) is 10.9 Å². The van der Waals surface area contributed by atoms with Crippen LogP contribution in [-0.2, 0) is 6.54 Å². The average molecular weight is 272 g/mol. The van der Waals surface area contributed by atoms with Gasteiger partial charge in [0.15, 0.2) is 0 Å². The lowest BCUT2D eigenvalue weighted by molar-refractivity contribution is 0.0951. The summed E-state index contributed by atoms with van der Waals surface area (Å²) in [4.78, 5) is 17.4. The van der Waals surface area contributed by atoms with Gasteiger partial charge in [0.25, 0.3) is 5.91 Å². The molecule has 1 amide bonds. The maximum atomic E-state index is 12.0. The van der Waals surface area contributed by atoms with Crippen molar-refractivity contribution in [3.63, 3.8) is 0 Å².